The van der Waals surface area contributed by atoms with Gasteiger partial charge in [0.15, 0.2) is 0 Å². The van der Waals surface area contributed by atoms with E-state index in [2.05, 4.69) is 29.6 Å². The lowest BCUT2D eigenvalue weighted by Gasteiger charge is -2.23. The van der Waals surface area contributed by atoms with Crippen LogP contribution in [0.3, 0.4) is 0 Å². The Labute approximate surface area is 137 Å². The molecular formula is C20H22N2O. The monoisotopic (exact) mass is 306 g/mol. The minimum absolute atomic E-state index is 0.134. The highest BCUT2D eigenvalue weighted by Crippen LogP contribution is 2.26. The quantitative estimate of drug-likeness (QED) is 0.923. The number of rotatable bonds is 2. The van der Waals surface area contributed by atoms with Gasteiger partial charge in [-0.05, 0) is 54.1 Å². The topological polar surface area (TPSA) is 32.3 Å². The minimum Gasteiger partial charge on any atom is -0.330 e. The van der Waals surface area contributed by atoms with Crippen LogP contribution < -0.4 is 5.32 Å². The normalized spacial score (nSPS) is 20.3. The highest BCUT2D eigenvalue weighted by Gasteiger charge is 2.24. The second-order valence-corrected chi connectivity index (χ2v) is 6.60. The first-order chi connectivity index (χ1) is 11.3. The second kappa shape index (κ2) is 6.17. The van der Waals surface area contributed by atoms with Crippen LogP contribution in [0.2, 0.25) is 0 Å². The third-order valence-corrected chi connectivity index (χ3v) is 5.05. The van der Waals surface area contributed by atoms with Crippen molar-refractivity contribution in [3.63, 3.8) is 0 Å². The first-order valence-corrected chi connectivity index (χ1v) is 8.48. The highest BCUT2D eigenvalue weighted by molar-refractivity contribution is 5.94. The van der Waals surface area contributed by atoms with Crippen LogP contribution in [0.4, 0.5) is 0 Å². The maximum absolute atomic E-state index is 12.7. The minimum atomic E-state index is 0.134. The van der Waals surface area contributed by atoms with Crippen LogP contribution in [0, 0.1) is 0 Å². The SMILES string of the molecule is O=C(c1ccc(C2CCCNC2)cc1)N1Cc2ccccc2C1. The van der Waals surface area contributed by atoms with Crippen molar-refractivity contribution in [2.45, 2.75) is 31.8 Å². The Bertz CT molecular complexity index is 677. The van der Waals surface area contributed by atoms with E-state index in [9.17, 15) is 4.79 Å². The van der Waals surface area contributed by atoms with Gasteiger partial charge in [-0.2, -0.15) is 0 Å². The van der Waals surface area contributed by atoms with Gasteiger partial charge in [0.25, 0.3) is 5.91 Å². The predicted molar refractivity (Wildman–Crippen MR) is 91.3 cm³/mol. The van der Waals surface area contributed by atoms with Gasteiger partial charge in [0.05, 0.1) is 0 Å². The lowest BCUT2D eigenvalue weighted by molar-refractivity contribution is 0.0751. The Morgan fingerprint density at radius 3 is 2.30 bits per heavy atom. The van der Waals surface area contributed by atoms with Gasteiger partial charge in [-0.3, -0.25) is 4.79 Å². The van der Waals surface area contributed by atoms with Crippen LogP contribution in [0.25, 0.3) is 0 Å². The van der Waals surface area contributed by atoms with E-state index in [1.165, 1.54) is 29.5 Å². The Morgan fingerprint density at radius 1 is 1.00 bits per heavy atom. The summed E-state index contributed by atoms with van der Waals surface area (Å²) in [6.45, 7) is 3.63. The average molecular weight is 306 g/mol. The first-order valence-electron chi connectivity index (χ1n) is 8.48. The highest BCUT2D eigenvalue weighted by atomic mass is 16.2. The van der Waals surface area contributed by atoms with Crippen molar-refractivity contribution < 1.29 is 4.79 Å². The smallest absolute Gasteiger partial charge is 0.254 e. The van der Waals surface area contributed by atoms with E-state index in [0.717, 1.165) is 31.7 Å². The molecule has 4 rings (SSSR count). The van der Waals surface area contributed by atoms with Crippen LogP contribution in [-0.4, -0.2) is 23.9 Å². The van der Waals surface area contributed by atoms with Gasteiger partial charge in [0.2, 0.25) is 0 Å². The average Bonchev–Trinajstić information content (AvgIpc) is 3.06. The van der Waals surface area contributed by atoms with Gasteiger partial charge >= 0.3 is 0 Å². The molecule has 1 N–H and O–H groups in total. The fourth-order valence-corrected chi connectivity index (χ4v) is 3.69. The standard InChI is InChI=1S/C20H22N2O/c23-20(22-13-18-4-1-2-5-19(18)14-22)16-9-7-15(8-10-16)17-6-3-11-21-12-17/h1-2,4-5,7-10,17,21H,3,6,11-14H2. The molecule has 0 bridgehead atoms. The zero-order valence-electron chi connectivity index (χ0n) is 13.3. The molecule has 1 amide bonds. The summed E-state index contributed by atoms with van der Waals surface area (Å²) in [6.07, 6.45) is 2.47. The summed E-state index contributed by atoms with van der Waals surface area (Å²) in [4.78, 5) is 14.6. The van der Waals surface area contributed by atoms with Gasteiger partial charge in [-0.15, -0.1) is 0 Å². The molecule has 1 saturated heterocycles. The summed E-state index contributed by atoms with van der Waals surface area (Å²) in [7, 11) is 0. The van der Waals surface area contributed by atoms with Gasteiger partial charge in [0.1, 0.15) is 0 Å². The largest absolute Gasteiger partial charge is 0.330 e. The second-order valence-electron chi connectivity index (χ2n) is 6.60. The van der Waals surface area contributed by atoms with E-state index in [0.29, 0.717) is 5.92 Å². The molecule has 1 fully saturated rings. The van der Waals surface area contributed by atoms with E-state index < -0.39 is 0 Å². The number of hydrogen-bond donors (Lipinski definition) is 1. The predicted octanol–water partition coefficient (Wildman–Crippen LogP) is 3.31. The summed E-state index contributed by atoms with van der Waals surface area (Å²) in [5.41, 5.74) is 4.68. The molecule has 0 aromatic heterocycles. The van der Waals surface area contributed by atoms with Gasteiger partial charge in [-0.1, -0.05) is 36.4 Å². The van der Waals surface area contributed by atoms with E-state index in [1.54, 1.807) is 0 Å². The number of hydrogen-bond acceptors (Lipinski definition) is 2. The van der Waals surface area contributed by atoms with Gasteiger partial charge < -0.3 is 10.2 Å². The maximum Gasteiger partial charge on any atom is 0.254 e. The molecule has 1 unspecified atom stereocenters. The number of carbonyl (C=O) groups is 1. The molecule has 3 heteroatoms. The molecule has 2 aliphatic heterocycles. The summed E-state index contributed by atoms with van der Waals surface area (Å²) in [5.74, 6) is 0.721. The number of nitrogens with zero attached hydrogens (tertiary/aromatic N) is 1. The summed E-state index contributed by atoms with van der Waals surface area (Å²) in [6, 6.07) is 16.6. The Hall–Kier alpha value is -2.13. The number of nitrogens with one attached hydrogen (secondary N) is 1. The Morgan fingerprint density at radius 2 is 1.70 bits per heavy atom. The van der Waals surface area contributed by atoms with E-state index >= 15 is 0 Å². The van der Waals surface area contributed by atoms with Crippen LogP contribution in [0.15, 0.2) is 48.5 Å². The van der Waals surface area contributed by atoms with E-state index in [1.807, 2.05) is 29.2 Å². The molecule has 2 aliphatic rings. The van der Waals surface area contributed by atoms with E-state index in [-0.39, 0.29) is 5.91 Å². The van der Waals surface area contributed by atoms with Crippen molar-refractivity contribution in [3.8, 4) is 0 Å². The Kier molecular flexibility index (Phi) is 3.88. The fraction of sp³-hybridized carbons (Fsp3) is 0.350. The summed E-state index contributed by atoms with van der Waals surface area (Å²) < 4.78 is 0. The van der Waals surface area contributed by atoms with Crippen LogP contribution in [0.1, 0.15) is 45.8 Å². The molecule has 23 heavy (non-hydrogen) atoms. The maximum atomic E-state index is 12.7. The summed E-state index contributed by atoms with van der Waals surface area (Å²) in [5, 5.41) is 3.45. The van der Waals surface area contributed by atoms with Crippen LogP contribution in [0.5, 0.6) is 0 Å². The van der Waals surface area contributed by atoms with Crippen LogP contribution >= 0.6 is 0 Å². The molecule has 2 heterocycles. The van der Waals surface area contributed by atoms with Crippen molar-refractivity contribution in [2.75, 3.05) is 13.1 Å². The zero-order chi connectivity index (χ0) is 15.6. The number of carbonyl (C=O) groups excluding carboxylic acids is 1. The molecule has 2 aromatic rings. The van der Waals surface area contributed by atoms with E-state index in [4.69, 9.17) is 0 Å². The zero-order valence-corrected chi connectivity index (χ0v) is 13.3. The summed E-state index contributed by atoms with van der Waals surface area (Å²) >= 11 is 0. The van der Waals surface area contributed by atoms with Gasteiger partial charge in [-0.25, -0.2) is 0 Å². The molecule has 0 aliphatic carbocycles. The molecule has 1 atom stereocenters. The fourth-order valence-electron chi connectivity index (χ4n) is 3.69. The number of fused-ring (bicyclic) bond motifs is 1. The van der Waals surface area contributed by atoms with Crippen LogP contribution in [-0.2, 0) is 13.1 Å². The third kappa shape index (κ3) is 2.89. The lowest BCUT2D eigenvalue weighted by atomic mass is 9.91. The lowest BCUT2D eigenvalue weighted by Crippen LogP contribution is -2.28. The number of piperidine rings is 1. The third-order valence-electron chi connectivity index (χ3n) is 5.05. The van der Waals surface area contributed by atoms with Crippen molar-refractivity contribution in [2.24, 2.45) is 0 Å². The Balaban J connectivity index is 1.47. The molecule has 118 valence electrons. The van der Waals surface area contributed by atoms with Crippen molar-refractivity contribution >= 4 is 5.91 Å². The van der Waals surface area contributed by atoms with Crippen molar-refractivity contribution in [1.82, 2.24) is 10.2 Å². The van der Waals surface area contributed by atoms with Crippen molar-refractivity contribution in [3.05, 3.63) is 70.8 Å². The molecule has 2 aromatic carbocycles. The number of amides is 1. The molecule has 3 nitrogen and oxygen atoms in total. The molecule has 0 saturated carbocycles. The first kappa shape index (κ1) is 14.5. The molecular weight excluding hydrogens is 284 g/mol. The molecule has 0 radical (unpaired) electrons. The number of benzene rings is 2. The molecule has 0 spiro atoms. The van der Waals surface area contributed by atoms with Gasteiger partial charge in [0, 0.05) is 25.2 Å². The van der Waals surface area contributed by atoms with Crippen molar-refractivity contribution in [1.29, 1.82) is 0 Å².